The van der Waals surface area contributed by atoms with Crippen LogP contribution < -0.4 is 9.47 Å². The van der Waals surface area contributed by atoms with E-state index in [1.165, 1.54) is 11.1 Å². The third-order valence-electron chi connectivity index (χ3n) is 5.95. The smallest absolute Gasteiger partial charge is 0.344 e. The highest BCUT2D eigenvalue weighted by Gasteiger charge is 2.14. The Bertz CT molecular complexity index is 1310. The molecular formula is C33H32O4. The van der Waals surface area contributed by atoms with E-state index in [1.807, 2.05) is 60.7 Å². The van der Waals surface area contributed by atoms with Gasteiger partial charge in [0.15, 0.2) is 6.61 Å². The van der Waals surface area contributed by atoms with Gasteiger partial charge >= 0.3 is 5.97 Å². The van der Waals surface area contributed by atoms with Crippen LogP contribution in [0.3, 0.4) is 0 Å². The van der Waals surface area contributed by atoms with E-state index < -0.39 is 0 Å². The number of rotatable bonds is 11. The van der Waals surface area contributed by atoms with E-state index in [9.17, 15) is 4.79 Å². The van der Waals surface area contributed by atoms with Crippen molar-refractivity contribution in [2.75, 3.05) is 13.2 Å². The lowest BCUT2D eigenvalue weighted by Crippen LogP contribution is -2.14. The first-order valence-corrected chi connectivity index (χ1v) is 12.6. The summed E-state index contributed by atoms with van der Waals surface area (Å²) >= 11 is 0. The maximum atomic E-state index is 11.7. The van der Waals surface area contributed by atoms with Crippen molar-refractivity contribution in [1.82, 2.24) is 0 Å². The molecule has 37 heavy (non-hydrogen) atoms. The zero-order valence-electron chi connectivity index (χ0n) is 21.4. The Hall–Kier alpha value is -4.31. The van der Waals surface area contributed by atoms with Crippen molar-refractivity contribution < 1.29 is 19.0 Å². The van der Waals surface area contributed by atoms with Crippen LogP contribution >= 0.6 is 0 Å². The highest BCUT2D eigenvalue weighted by molar-refractivity contribution is 5.98. The summed E-state index contributed by atoms with van der Waals surface area (Å²) in [7, 11) is 0. The number of hydrogen-bond donors (Lipinski definition) is 0. The van der Waals surface area contributed by atoms with Crippen LogP contribution in [0, 0.1) is 0 Å². The molecule has 0 unspecified atom stereocenters. The van der Waals surface area contributed by atoms with Gasteiger partial charge in [0, 0.05) is 0 Å². The van der Waals surface area contributed by atoms with Gasteiger partial charge in [0.05, 0.1) is 6.61 Å². The Morgan fingerprint density at radius 1 is 0.649 bits per heavy atom. The molecule has 0 fully saturated rings. The van der Waals surface area contributed by atoms with Gasteiger partial charge in [-0.25, -0.2) is 4.79 Å². The highest BCUT2D eigenvalue weighted by Crippen LogP contribution is 2.36. The van der Waals surface area contributed by atoms with E-state index in [0.717, 1.165) is 34.4 Å². The lowest BCUT2D eigenvalue weighted by atomic mass is 9.88. The molecule has 0 heterocycles. The number of carbonyl (C=O) groups is 1. The summed E-state index contributed by atoms with van der Waals surface area (Å²) in [5.41, 5.74) is 6.81. The molecular weight excluding hydrogens is 460 g/mol. The molecule has 4 nitrogen and oxygen atoms in total. The first-order valence-electron chi connectivity index (χ1n) is 12.6. The predicted octanol–water partition coefficient (Wildman–Crippen LogP) is 7.58. The number of esters is 1. The van der Waals surface area contributed by atoms with Crippen LogP contribution in [0.25, 0.3) is 11.1 Å². The van der Waals surface area contributed by atoms with Crippen LogP contribution in [-0.2, 0) is 16.1 Å². The van der Waals surface area contributed by atoms with Crippen LogP contribution in [-0.4, -0.2) is 19.2 Å². The molecule has 0 atom stereocenters. The first kappa shape index (κ1) is 25.8. The minimum Gasteiger partial charge on any atom is -0.489 e. The second-order valence-electron chi connectivity index (χ2n) is 8.49. The number of ether oxygens (including phenoxy) is 3. The lowest BCUT2D eigenvalue weighted by molar-refractivity contribution is -0.145. The minimum atomic E-state index is -0.378. The van der Waals surface area contributed by atoms with E-state index in [4.69, 9.17) is 14.2 Å². The summed E-state index contributed by atoms with van der Waals surface area (Å²) in [6, 6.07) is 36.7. The number of benzene rings is 4. The molecule has 0 N–H and O–H groups in total. The average molecular weight is 493 g/mol. The van der Waals surface area contributed by atoms with E-state index in [-0.39, 0.29) is 12.6 Å². The number of allylic oxidation sites excluding steroid dienone is 1. The summed E-state index contributed by atoms with van der Waals surface area (Å²) in [6.07, 6.45) is 0.857. The van der Waals surface area contributed by atoms with Gasteiger partial charge in [-0.05, 0) is 71.0 Å². The Balaban J connectivity index is 1.68. The number of carbonyl (C=O) groups excluding carboxylic acids is 1. The predicted molar refractivity (Wildman–Crippen MR) is 148 cm³/mol. The van der Waals surface area contributed by atoms with Crippen LogP contribution in [0.1, 0.15) is 42.5 Å². The second kappa shape index (κ2) is 13.1. The van der Waals surface area contributed by atoms with Gasteiger partial charge in [0.25, 0.3) is 0 Å². The standard InChI is InChI=1S/C33H32O4/c1-3-31(26-14-9-6-10-15-26)33(27-18-20-29(21-19-27)37-24-32(34)35-4-2)28-16-11-17-30(22-28)36-23-25-12-7-5-8-13-25/h5-22H,3-4,23-24H2,1-2H3/b33-31+. The summed E-state index contributed by atoms with van der Waals surface area (Å²) in [6.45, 7) is 4.69. The van der Waals surface area contributed by atoms with Crippen molar-refractivity contribution in [2.24, 2.45) is 0 Å². The summed E-state index contributed by atoms with van der Waals surface area (Å²) in [4.78, 5) is 11.7. The maximum Gasteiger partial charge on any atom is 0.344 e. The molecule has 4 aromatic carbocycles. The Morgan fingerprint density at radius 3 is 2.00 bits per heavy atom. The van der Waals surface area contributed by atoms with Gasteiger partial charge in [-0.3, -0.25) is 0 Å². The fraction of sp³-hybridized carbons (Fsp3) is 0.182. The van der Waals surface area contributed by atoms with Gasteiger partial charge in [-0.2, -0.15) is 0 Å². The van der Waals surface area contributed by atoms with Gasteiger partial charge in [-0.1, -0.05) is 91.9 Å². The lowest BCUT2D eigenvalue weighted by Gasteiger charge is -2.18. The van der Waals surface area contributed by atoms with Gasteiger partial charge < -0.3 is 14.2 Å². The summed E-state index contributed by atoms with van der Waals surface area (Å²) in [5.74, 6) is 1.06. The van der Waals surface area contributed by atoms with E-state index in [0.29, 0.717) is 19.0 Å². The quantitative estimate of drug-likeness (QED) is 0.160. The molecule has 0 saturated carbocycles. The molecule has 0 amide bonds. The molecule has 0 aliphatic carbocycles. The van der Waals surface area contributed by atoms with Crippen molar-refractivity contribution in [3.05, 3.63) is 131 Å². The molecule has 188 valence electrons. The fourth-order valence-corrected chi connectivity index (χ4v) is 4.22. The normalized spacial score (nSPS) is 11.4. The minimum absolute atomic E-state index is 0.110. The molecule has 0 radical (unpaired) electrons. The van der Waals surface area contributed by atoms with E-state index in [2.05, 4.69) is 55.5 Å². The zero-order valence-corrected chi connectivity index (χ0v) is 21.4. The zero-order chi connectivity index (χ0) is 25.9. The van der Waals surface area contributed by atoms with E-state index in [1.54, 1.807) is 6.92 Å². The van der Waals surface area contributed by atoms with Crippen LogP contribution in [0.4, 0.5) is 0 Å². The summed E-state index contributed by atoms with van der Waals surface area (Å²) < 4.78 is 16.7. The van der Waals surface area contributed by atoms with Crippen molar-refractivity contribution in [1.29, 1.82) is 0 Å². The molecule has 0 bridgehead atoms. The molecule has 0 saturated heterocycles. The second-order valence-corrected chi connectivity index (χ2v) is 8.49. The molecule has 0 aliphatic heterocycles. The van der Waals surface area contributed by atoms with Crippen molar-refractivity contribution in [2.45, 2.75) is 26.9 Å². The third-order valence-corrected chi connectivity index (χ3v) is 5.95. The Morgan fingerprint density at radius 2 is 1.32 bits per heavy atom. The Kier molecular flexibility index (Phi) is 9.14. The van der Waals surface area contributed by atoms with Crippen molar-refractivity contribution in [3.8, 4) is 11.5 Å². The monoisotopic (exact) mass is 492 g/mol. The molecule has 0 aromatic heterocycles. The molecule has 4 aromatic rings. The van der Waals surface area contributed by atoms with Crippen LogP contribution in [0.5, 0.6) is 11.5 Å². The summed E-state index contributed by atoms with van der Waals surface area (Å²) in [5, 5.41) is 0. The molecule has 0 aliphatic rings. The fourth-order valence-electron chi connectivity index (χ4n) is 4.22. The highest BCUT2D eigenvalue weighted by atomic mass is 16.6. The maximum absolute atomic E-state index is 11.7. The Labute approximate surface area is 219 Å². The molecule has 0 spiro atoms. The van der Waals surface area contributed by atoms with Crippen molar-refractivity contribution in [3.63, 3.8) is 0 Å². The SMILES string of the molecule is CCOC(=O)COc1ccc(/C(=C(/CC)c2ccccc2)c2cccc(OCc3ccccc3)c2)cc1. The molecule has 4 heteroatoms. The topological polar surface area (TPSA) is 44.8 Å². The van der Waals surface area contributed by atoms with Crippen LogP contribution in [0.2, 0.25) is 0 Å². The van der Waals surface area contributed by atoms with E-state index >= 15 is 0 Å². The van der Waals surface area contributed by atoms with Gasteiger partial charge in [-0.15, -0.1) is 0 Å². The average Bonchev–Trinajstić information content (AvgIpc) is 2.95. The molecule has 4 rings (SSSR count). The van der Waals surface area contributed by atoms with Gasteiger partial charge in [0.1, 0.15) is 18.1 Å². The van der Waals surface area contributed by atoms with Gasteiger partial charge in [0.2, 0.25) is 0 Å². The van der Waals surface area contributed by atoms with Crippen molar-refractivity contribution >= 4 is 17.1 Å². The largest absolute Gasteiger partial charge is 0.489 e. The number of hydrogen-bond acceptors (Lipinski definition) is 4. The third kappa shape index (κ3) is 7.11. The first-order chi connectivity index (χ1) is 18.2. The van der Waals surface area contributed by atoms with Crippen LogP contribution in [0.15, 0.2) is 109 Å².